The molecule has 0 radical (unpaired) electrons. The van der Waals surface area contributed by atoms with Gasteiger partial charge in [-0.05, 0) is 6.92 Å². The second-order valence-electron chi connectivity index (χ2n) is 2.45. The third kappa shape index (κ3) is 2.16. The number of carbonyl (C=O) groups is 1. The Morgan fingerprint density at radius 2 is 2.07 bits per heavy atom. The molecule has 74 valence electrons. The van der Waals surface area contributed by atoms with Gasteiger partial charge in [-0.15, -0.1) is 0 Å². The molecule has 0 unspecified atom stereocenters. The lowest BCUT2D eigenvalue weighted by Gasteiger charge is -1.96. The van der Waals surface area contributed by atoms with Crippen LogP contribution in [0.5, 0.6) is 0 Å². The average Bonchev–Trinajstić information content (AvgIpc) is 2.13. The van der Waals surface area contributed by atoms with Crippen LogP contribution in [0.1, 0.15) is 11.3 Å². The minimum absolute atomic E-state index is 0.258. The van der Waals surface area contributed by atoms with Crippen molar-refractivity contribution >= 4 is 12.6 Å². The Morgan fingerprint density at radius 1 is 1.36 bits per heavy atom. The highest BCUT2D eigenvalue weighted by molar-refractivity contribution is 5.78. The van der Waals surface area contributed by atoms with Gasteiger partial charge in [-0.1, -0.05) is 0 Å². The zero-order valence-corrected chi connectivity index (χ0v) is 7.33. The maximum absolute atomic E-state index is 11.1. The van der Waals surface area contributed by atoms with Crippen LogP contribution in [0.2, 0.25) is 0 Å². The topological polar surface area (TPSA) is 107 Å². The molecule has 0 aromatic carbocycles. The van der Waals surface area contributed by atoms with E-state index >= 15 is 0 Å². The summed E-state index contributed by atoms with van der Waals surface area (Å²) < 4.78 is 0. The third-order valence-electron chi connectivity index (χ3n) is 1.54. The van der Waals surface area contributed by atoms with Crippen molar-refractivity contribution in [2.75, 3.05) is 0 Å². The van der Waals surface area contributed by atoms with Crippen molar-refractivity contribution in [3.63, 3.8) is 0 Å². The summed E-state index contributed by atoms with van der Waals surface area (Å²) in [5, 5.41) is 3.44. The van der Waals surface area contributed by atoms with Gasteiger partial charge in [0.05, 0.1) is 11.9 Å². The number of carbonyl (C=O) groups excluding carboxylic acids is 1. The van der Waals surface area contributed by atoms with Crippen LogP contribution in [-0.2, 0) is 4.79 Å². The zero-order chi connectivity index (χ0) is 10.6. The van der Waals surface area contributed by atoms with Crippen LogP contribution in [0.25, 0.3) is 0 Å². The van der Waals surface area contributed by atoms with Crippen LogP contribution >= 0.6 is 0 Å². The van der Waals surface area contributed by atoms with Gasteiger partial charge in [-0.2, -0.15) is 5.10 Å². The Hall–Kier alpha value is -2.18. The number of hydrogen-bond acceptors (Lipinski definition) is 4. The number of nitrogens with zero attached hydrogens (tertiary/aromatic N) is 1. The highest BCUT2D eigenvalue weighted by atomic mass is 16.2. The fraction of sp³-hybridized carbons (Fsp3) is 0.143. The molecule has 0 aliphatic rings. The standard InChI is InChI=1S/C7H8N4O3/c1-4-5(2-8-9-3-12)10-7(14)11-6(4)13/h2-3H,1H3,(H,9,12)(H2,10,11,13,14)/b8-2-. The minimum Gasteiger partial charge on any atom is -0.306 e. The largest absolute Gasteiger partial charge is 0.326 e. The molecule has 0 aliphatic carbocycles. The monoisotopic (exact) mass is 196 g/mol. The first-order valence-electron chi connectivity index (χ1n) is 3.70. The van der Waals surface area contributed by atoms with E-state index in [0.717, 1.165) is 0 Å². The molecular formula is C7H8N4O3. The number of H-pyrrole nitrogens is 2. The van der Waals surface area contributed by atoms with Gasteiger partial charge in [0, 0.05) is 5.56 Å². The van der Waals surface area contributed by atoms with E-state index in [4.69, 9.17) is 0 Å². The predicted molar refractivity (Wildman–Crippen MR) is 49.2 cm³/mol. The lowest BCUT2D eigenvalue weighted by atomic mass is 10.3. The second kappa shape index (κ2) is 4.17. The molecule has 0 saturated heterocycles. The van der Waals surface area contributed by atoms with Gasteiger partial charge >= 0.3 is 5.69 Å². The lowest BCUT2D eigenvalue weighted by molar-refractivity contribution is -0.109. The summed E-state index contributed by atoms with van der Waals surface area (Å²) in [6.45, 7) is 1.52. The van der Waals surface area contributed by atoms with Crippen LogP contribution in [0, 0.1) is 6.92 Å². The quantitative estimate of drug-likeness (QED) is 0.309. The second-order valence-corrected chi connectivity index (χ2v) is 2.45. The smallest absolute Gasteiger partial charge is 0.306 e. The van der Waals surface area contributed by atoms with Crippen LogP contribution in [0.15, 0.2) is 14.7 Å². The van der Waals surface area contributed by atoms with Crippen molar-refractivity contribution in [1.29, 1.82) is 0 Å². The van der Waals surface area contributed by atoms with Crippen LogP contribution in [0.3, 0.4) is 0 Å². The van der Waals surface area contributed by atoms with E-state index in [1.807, 2.05) is 5.43 Å². The molecule has 0 bridgehead atoms. The fourth-order valence-electron chi connectivity index (χ4n) is 0.828. The van der Waals surface area contributed by atoms with Gasteiger partial charge in [0.2, 0.25) is 6.41 Å². The SMILES string of the molecule is Cc1c(/C=N\NC=O)[nH]c(=O)[nH]c1=O. The molecular weight excluding hydrogens is 188 g/mol. The first-order valence-corrected chi connectivity index (χ1v) is 3.70. The number of amides is 1. The van der Waals surface area contributed by atoms with Crippen LogP contribution in [0.4, 0.5) is 0 Å². The van der Waals surface area contributed by atoms with Crippen LogP contribution in [-0.4, -0.2) is 22.6 Å². The van der Waals surface area contributed by atoms with Gasteiger partial charge in [0.15, 0.2) is 0 Å². The van der Waals surface area contributed by atoms with E-state index in [2.05, 4.69) is 15.1 Å². The summed E-state index contributed by atoms with van der Waals surface area (Å²) in [5.41, 5.74) is 1.49. The number of nitrogens with one attached hydrogen (secondary N) is 3. The zero-order valence-electron chi connectivity index (χ0n) is 7.33. The van der Waals surface area contributed by atoms with Crippen molar-refractivity contribution in [3.8, 4) is 0 Å². The molecule has 14 heavy (non-hydrogen) atoms. The van der Waals surface area contributed by atoms with Crippen molar-refractivity contribution in [1.82, 2.24) is 15.4 Å². The molecule has 1 aromatic heterocycles. The molecule has 1 heterocycles. The van der Waals surface area contributed by atoms with Gasteiger partial charge in [-0.3, -0.25) is 14.6 Å². The van der Waals surface area contributed by atoms with E-state index in [9.17, 15) is 14.4 Å². The lowest BCUT2D eigenvalue weighted by Crippen LogP contribution is -2.26. The number of hydrogen-bond donors (Lipinski definition) is 3. The van der Waals surface area contributed by atoms with Gasteiger partial charge < -0.3 is 4.98 Å². The van der Waals surface area contributed by atoms with Crippen molar-refractivity contribution in [2.24, 2.45) is 5.10 Å². The first-order chi connectivity index (χ1) is 6.65. The highest BCUT2D eigenvalue weighted by Crippen LogP contribution is 1.88. The maximum atomic E-state index is 11.1. The van der Waals surface area contributed by atoms with E-state index in [0.29, 0.717) is 12.0 Å². The molecule has 0 atom stereocenters. The number of aromatic amines is 2. The summed E-state index contributed by atoms with van der Waals surface area (Å²) in [5.74, 6) is 0. The molecule has 1 rings (SSSR count). The minimum atomic E-state index is -0.617. The molecule has 7 nitrogen and oxygen atoms in total. The number of hydrazone groups is 1. The predicted octanol–water partition coefficient (Wildman–Crippen LogP) is -1.55. The molecule has 1 amide bonds. The summed E-state index contributed by atoms with van der Waals surface area (Å²) in [4.78, 5) is 36.2. The first kappa shape index (κ1) is 9.90. The molecule has 0 aliphatic heterocycles. The molecule has 0 spiro atoms. The van der Waals surface area contributed by atoms with E-state index in [1.54, 1.807) is 0 Å². The Kier molecular flexibility index (Phi) is 2.95. The average molecular weight is 196 g/mol. The summed E-state index contributed by atoms with van der Waals surface area (Å²) in [7, 11) is 0. The van der Waals surface area contributed by atoms with Gasteiger partial charge in [-0.25, -0.2) is 10.2 Å². The Bertz CT molecular complexity index is 471. The number of aromatic nitrogens is 2. The normalized spacial score (nSPS) is 10.4. The Labute approximate surface area is 77.9 Å². The van der Waals surface area contributed by atoms with Crippen LogP contribution < -0.4 is 16.7 Å². The Balaban J connectivity index is 3.14. The van der Waals surface area contributed by atoms with E-state index in [1.165, 1.54) is 13.1 Å². The van der Waals surface area contributed by atoms with E-state index < -0.39 is 11.2 Å². The summed E-state index contributed by atoms with van der Waals surface area (Å²) >= 11 is 0. The van der Waals surface area contributed by atoms with Crippen molar-refractivity contribution in [2.45, 2.75) is 6.92 Å². The molecule has 1 aromatic rings. The molecule has 7 heteroatoms. The van der Waals surface area contributed by atoms with Gasteiger partial charge in [0.25, 0.3) is 5.56 Å². The molecule has 0 fully saturated rings. The Morgan fingerprint density at radius 3 is 2.71 bits per heavy atom. The molecule has 3 N–H and O–H groups in total. The summed E-state index contributed by atoms with van der Waals surface area (Å²) in [6.07, 6.45) is 1.55. The fourth-order valence-corrected chi connectivity index (χ4v) is 0.828. The third-order valence-corrected chi connectivity index (χ3v) is 1.54. The van der Waals surface area contributed by atoms with Gasteiger partial charge in [0.1, 0.15) is 0 Å². The van der Waals surface area contributed by atoms with Crippen molar-refractivity contribution in [3.05, 3.63) is 32.1 Å². The molecule has 0 saturated carbocycles. The highest BCUT2D eigenvalue weighted by Gasteiger charge is 2.00. The van der Waals surface area contributed by atoms with Crippen molar-refractivity contribution < 1.29 is 4.79 Å². The van der Waals surface area contributed by atoms with E-state index in [-0.39, 0.29) is 5.69 Å². The summed E-state index contributed by atoms with van der Waals surface area (Å²) in [6, 6.07) is 0. The number of rotatable bonds is 3. The maximum Gasteiger partial charge on any atom is 0.326 e.